The number of benzene rings is 1. The first-order chi connectivity index (χ1) is 10.8. The highest BCUT2D eigenvalue weighted by Crippen LogP contribution is 2.56. The molecule has 0 aromatic heterocycles. The maximum Gasteiger partial charge on any atom is 0.119 e. The molecule has 1 heterocycles. The molecule has 1 aliphatic heterocycles. The smallest absolute Gasteiger partial charge is 0.119 e. The van der Waals surface area contributed by atoms with E-state index in [1.807, 2.05) is 0 Å². The summed E-state index contributed by atoms with van der Waals surface area (Å²) in [6.07, 6.45) is 13.5. The zero-order valence-corrected chi connectivity index (χ0v) is 13.5. The third-order valence-electron chi connectivity index (χ3n) is 6.45. The Labute approximate surface area is 133 Å². The van der Waals surface area contributed by atoms with E-state index in [9.17, 15) is 0 Å². The van der Waals surface area contributed by atoms with Crippen molar-refractivity contribution >= 4 is 0 Å². The van der Waals surface area contributed by atoms with Crippen molar-refractivity contribution in [2.24, 2.45) is 5.92 Å². The van der Waals surface area contributed by atoms with Crippen molar-refractivity contribution in [2.45, 2.75) is 50.0 Å². The van der Waals surface area contributed by atoms with Crippen LogP contribution >= 0.6 is 0 Å². The number of hydrogen-bond acceptors (Lipinski definition) is 2. The lowest BCUT2D eigenvalue weighted by Gasteiger charge is -2.59. The van der Waals surface area contributed by atoms with Gasteiger partial charge in [0.2, 0.25) is 0 Å². The summed E-state index contributed by atoms with van der Waals surface area (Å²) in [5.74, 6) is 4.68. The minimum atomic E-state index is 0.385. The molecule has 116 valence electrons. The lowest BCUT2D eigenvalue weighted by molar-refractivity contribution is -0.00416. The minimum Gasteiger partial charge on any atom is -0.497 e. The van der Waals surface area contributed by atoms with Gasteiger partial charge in [0.05, 0.1) is 13.7 Å². The van der Waals surface area contributed by atoms with Gasteiger partial charge >= 0.3 is 0 Å². The normalized spacial score (nSPS) is 33.5. The van der Waals surface area contributed by atoms with Crippen LogP contribution in [0.4, 0.5) is 0 Å². The summed E-state index contributed by atoms with van der Waals surface area (Å²) in [6, 6.07) is 7.40. The summed E-state index contributed by atoms with van der Waals surface area (Å²) >= 11 is 0. The molecule has 0 spiro atoms. The van der Waals surface area contributed by atoms with Crippen LogP contribution in [0.15, 0.2) is 18.2 Å². The molecule has 2 nitrogen and oxygen atoms in total. The van der Waals surface area contributed by atoms with Gasteiger partial charge < -0.3 is 4.74 Å². The van der Waals surface area contributed by atoms with E-state index in [0.29, 0.717) is 11.5 Å². The van der Waals surface area contributed by atoms with Gasteiger partial charge in [-0.3, -0.25) is 4.90 Å². The fourth-order valence-corrected chi connectivity index (χ4v) is 5.50. The van der Waals surface area contributed by atoms with E-state index in [1.54, 1.807) is 12.7 Å². The molecule has 1 aromatic rings. The molecule has 22 heavy (non-hydrogen) atoms. The number of methoxy groups -OCH3 is 1. The molecule has 2 aliphatic carbocycles. The van der Waals surface area contributed by atoms with Gasteiger partial charge in [0, 0.05) is 18.0 Å². The van der Waals surface area contributed by atoms with Crippen LogP contribution in [-0.4, -0.2) is 31.1 Å². The third-order valence-corrected chi connectivity index (χ3v) is 6.45. The Bertz CT molecular complexity index is 617. The van der Waals surface area contributed by atoms with Crippen LogP contribution in [0.1, 0.15) is 43.2 Å². The standard InChI is InChI=1S/C20H25NO/c1-3-11-21-12-10-20-9-5-4-6-17(20)19(21)13-15-7-8-16(22-2)14-18(15)20/h1,7-8,14,17,19H,4-6,9-13H2,2H3/t17-,19+,20-/m0/s1. The number of fused-ring (bicyclic) bond motifs is 1. The molecule has 1 saturated heterocycles. The summed E-state index contributed by atoms with van der Waals surface area (Å²) in [7, 11) is 1.78. The van der Waals surface area contributed by atoms with Gasteiger partial charge in [-0.1, -0.05) is 24.8 Å². The summed E-state index contributed by atoms with van der Waals surface area (Å²) in [5, 5.41) is 0. The molecule has 1 saturated carbocycles. The number of ether oxygens (including phenoxy) is 1. The Balaban J connectivity index is 1.82. The van der Waals surface area contributed by atoms with E-state index in [1.165, 1.54) is 37.7 Å². The van der Waals surface area contributed by atoms with Crippen molar-refractivity contribution < 1.29 is 4.74 Å². The Kier molecular flexibility index (Phi) is 3.42. The molecule has 3 atom stereocenters. The first-order valence-corrected chi connectivity index (χ1v) is 8.63. The number of hydrogen-bond donors (Lipinski definition) is 0. The quantitative estimate of drug-likeness (QED) is 0.776. The van der Waals surface area contributed by atoms with E-state index in [2.05, 4.69) is 29.0 Å². The molecular formula is C20H25NO. The second-order valence-corrected chi connectivity index (χ2v) is 7.23. The Morgan fingerprint density at radius 1 is 1.36 bits per heavy atom. The molecule has 2 fully saturated rings. The second kappa shape index (κ2) is 5.32. The van der Waals surface area contributed by atoms with Crippen molar-refractivity contribution in [2.75, 3.05) is 20.2 Å². The Morgan fingerprint density at radius 2 is 2.27 bits per heavy atom. The van der Waals surface area contributed by atoms with Crippen LogP contribution in [0, 0.1) is 18.3 Å². The number of rotatable bonds is 2. The van der Waals surface area contributed by atoms with Gasteiger partial charge in [-0.05, 0) is 54.9 Å². The molecule has 2 bridgehead atoms. The molecule has 1 aromatic carbocycles. The molecule has 0 unspecified atom stereocenters. The Morgan fingerprint density at radius 3 is 3.09 bits per heavy atom. The van der Waals surface area contributed by atoms with Crippen molar-refractivity contribution in [1.82, 2.24) is 4.90 Å². The van der Waals surface area contributed by atoms with Crippen LogP contribution in [-0.2, 0) is 11.8 Å². The molecule has 3 aliphatic rings. The highest BCUT2D eigenvalue weighted by molar-refractivity contribution is 5.45. The minimum absolute atomic E-state index is 0.385. The molecule has 4 rings (SSSR count). The molecule has 0 radical (unpaired) electrons. The van der Waals surface area contributed by atoms with Crippen LogP contribution in [0.25, 0.3) is 0 Å². The van der Waals surface area contributed by atoms with Crippen LogP contribution in [0.3, 0.4) is 0 Å². The van der Waals surface area contributed by atoms with E-state index in [4.69, 9.17) is 11.2 Å². The predicted molar refractivity (Wildman–Crippen MR) is 89.1 cm³/mol. The molecule has 0 amide bonds. The van der Waals surface area contributed by atoms with Gasteiger partial charge in [-0.25, -0.2) is 0 Å². The predicted octanol–water partition coefficient (Wildman–Crippen LogP) is 3.39. The lowest BCUT2D eigenvalue weighted by atomic mass is 9.52. The van der Waals surface area contributed by atoms with Gasteiger partial charge in [0.1, 0.15) is 5.75 Å². The first-order valence-electron chi connectivity index (χ1n) is 8.63. The number of likely N-dealkylation sites (tertiary alicyclic amines) is 1. The first kappa shape index (κ1) is 14.2. The number of terminal acetylenes is 1. The maximum atomic E-state index is 5.62. The highest BCUT2D eigenvalue weighted by atomic mass is 16.5. The van der Waals surface area contributed by atoms with E-state index < -0.39 is 0 Å². The van der Waals surface area contributed by atoms with E-state index in [-0.39, 0.29) is 0 Å². The van der Waals surface area contributed by atoms with Crippen molar-refractivity contribution in [3.8, 4) is 18.1 Å². The van der Waals surface area contributed by atoms with Gasteiger partial charge in [-0.15, -0.1) is 6.42 Å². The van der Waals surface area contributed by atoms with Crippen LogP contribution in [0.2, 0.25) is 0 Å². The van der Waals surface area contributed by atoms with Crippen LogP contribution < -0.4 is 4.74 Å². The Hall–Kier alpha value is -1.46. The number of piperidine rings is 1. The monoisotopic (exact) mass is 295 g/mol. The van der Waals surface area contributed by atoms with Crippen molar-refractivity contribution in [3.63, 3.8) is 0 Å². The maximum absolute atomic E-state index is 5.62. The second-order valence-electron chi connectivity index (χ2n) is 7.23. The summed E-state index contributed by atoms with van der Waals surface area (Å²) in [6.45, 7) is 1.96. The summed E-state index contributed by atoms with van der Waals surface area (Å²) in [5.41, 5.74) is 3.51. The summed E-state index contributed by atoms with van der Waals surface area (Å²) in [4.78, 5) is 2.57. The SMILES string of the molecule is C#CCN1CC[C@@]23CCCC[C@H]2[C@H]1Cc1ccc(OC)cc13. The summed E-state index contributed by atoms with van der Waals surface area (Å²) < 4.78 is 5.52. The fraction of sp³-hybridized carbons (Fsp3) is 0.600. The van der Waals surface area contributed by atoms with Gasteiger partial charge in [0.25, 0.3) is 0 Å². The average Bonchev–Trinajstić information content (AvgIpc) is 2.57. The van der Waals surface area contributed by atoms with Gasteiger partial charge in [-0.2, -0.15) is 0 Å². The largest absolute Gasteiger partial charge is 0.497 e. The molecule has 0 N–H and O–H groups in total. The van der Waals surface area contributed by atoms with Crippen LogP contribution in [0.5, 0.6) is 5.75 Å². The van der Waals surface area contributed by atoms with E-state index >= 15 is 0 Å². The fourth-order valence-electron chi connectivity index (χ4n) is 5.50. The lowest BCUT2D eigenvalue weighted by Crippen LogP contribution is -2.60. The average molecular weight is 295 g/mol. The number of nitrogens with zero attached hydrogens (tertiary/aromatic N) is 1. The zero-order chi connectivity index (χ0) is 15.2. The van der Waals surface area contributed by atoms with Crippen molar-refractivity contribution in [3.05, 3.63) is 29.3 Å². The van der Waals surface area contributed by atoms with E-state index in [0.717, 1.165) is 31.2 Å². The topological polar surface area (TPSA) is 12.5 Å². The highest BCUT2D eigenvalue weighted by Gasteiger charge is 2.53. The molecular weight excluding hydrogens is 270 g/mol. The van der Waals surface area contributed by atoms with Crippen molar-refractivity contribution in [1.29, 1.82) is 0 Å². The zero-order valence-electron chi connectivity index (χ0n) is 13.5. The van der Waals surface area contributed by atoms with Gasteiger partial charge in [0.15, 0.2) is 0 Å². The molecule has 2 heteroatoms. The third kappa shape index (κ3) is 1.92.